The molecule has 0 unspecified atom stereocenters. The summed E-state index contributed by atoms with van der Waals surface area (Å²) < 4.78 is 43.8. The molecule has 1 heterocycles. The fraction of sp³-hybridized carbons (Fsp3) is 0.269. The molecular weight excluding hydrogens is 453 g/mol. The SMILES string of the molecule is N#Cc1ccc(-c2ccc(OCCC[C@@H]3CCN(NS(=O)(=O)c4ccc(F)cc4)C3)cc2)cc1. The molecule has 0 aromatic heterocycles. The average molecular weight is 480 g/mol. The third-order valence-corrected chi connectivity index (χ3v) is 7.28. The minimum absolute atomic E-state index is 0.0518. The number of hydrogen-bond acceptors (Lipinski definition) is 5. The van der Waals surface area contributed by atoms with Crippen LogP contribution in [-0.2, 0) is 10.0 Å². The van der Waals surface area contributed by atoms with Crippen molar-refractivity contribution in [3.63, 3.8) is 0 Å². The zero-order valence-electron chi connectivity index (χ0n) is 18.7. The van der Waals surface area contributed by atoms with Crippen molar-refractivity contribution < 1.29 is 17.5 Å². The molecule has 1 atom stereocenters. The van der Waals surface area contributed by atoms with Gasteiger partial charge in [0.05, 0.1) is 23.1 Å². The zero-order chi connectivity index (χ0) is 24.0. The van der Waals surface area contributed by atoms with Crippen molar-refractivity contribution in [1.82, 2.24) is 9.84 Å². The molecular formula is C26H26FN3O3S. The maximum Gasteiger partial charge on any atom is 0.253 e. The Morgan fingerprint density at radius 3 is 2.29 bits per heavy atom. The zero-order valence-corrected chi connectivity index (χ0v) is 19.5. The van der Waals surface area contributed by atoms with Gasteiger partial charge in [-0.25, -0.2) is 17.8 Å². The molecule has 0 aliphatic carbocycles. The summed E-state index contributed by atoms with van der Waals surface area (Å²) in [7, 11) is -3.70. The standard InChI is InChI=1S/C26H26FN3O3S/c27-24-9-13-26(14-10-24)34(31,32)29-30-16-15-21(19-30)2-1-17-33-25-11-7-23(8-12-25)22-5-3-20(18-28)4-6-22/h3-14,21,29H,1-2,15-17,19H2/t21-/m1/s1. The molecule has 0 radical (unpaired) electrons. The second-order valence-corrected chi connectivity index (χ2v) is 10.0. The molecule has 0 bridgehead atoms. The number of ether oxygens (including phenoxy) is 1. The number of hydrazine groups is 1. The molecule has 0 saturated carbocycles. The van der Waals surface area contributed by atoms with Crippen LogP contribution >= 0.6 is 0 Å². The number of sulfonamides is 1. The van der Waals surface area contributed by atoms with E-state index in [0.29, 0.717) is 31.2 Å². The summed E-state index contributed by atoms with van der Waals surface area (Å²) in [6.07, 6.45) is 2.73. The van der Waals surface area contributed by atoms with Gasteiger partial charge in [-0.1, -0.05) is 24.3 Å². The molecule has 1 aliphatic rings. The first-order valence-electron chi connectivity index (χ1n) is 11.2. The first-order chi connectivity index (χ1) is 16.4. The van der Waals surface area contributed by atoms with Crippen molar-refractivity contribution in [2.45, 2.75) is 24.2 Å². The Balaban J connectivity index is 1.19. The molecule has 176 valence electrons. The summed E-state index contributed by atoms with van der Waals surface area (Å²) >= 11 is 0. The predicted octanol–water partition coefficient (Wildman–Crippen LogP) is 4.74. The van der Waals surface area contributed by atoms with Crippen LogP contribution in [0, 0.1) is 23.1 Å². The first-order valence-corrected chi connectivity index (χ1v) is 12.7. The Morgan fingerprint density at radius 1 is 1.00 bits per heavy atom. The molecule has 0 spiro atoms. The van der Waals surface area contributed by atoms with Gasteiger partial charge in [0.1, 0.15) is 11.6 Å². The molecule has 0 amide bonds. The van der Waals surface area contributed by atoms with Gasteiger partial charge in [0.25, 0.3) is 10.0 Å². The maximum atomic E-state index is 13.1. The van der Waals surface area contributed by atoms with E-state index in [2.05, 4.69) is 10.9 Å². The Kier molecular flexibility index (Phi) is 7.58. The van der Waals surface area contributed by atoms with Gasteiger partial charge in [0, 0.05) is 13.1 Å². The normalized spacial score (nSPS) is 16.3. The van der Waals surface area contributed by atoms with Gasteiger partial charge in [-0.15, -0.1) is 4.83 Å². The molecule has 3 aromatic carbocycles. The summed E-state index contributed by atoms with van der Waals surface area (Å²) in [5.74, 6) is 0.723. The van der Waals surface area contributed by atoms with Crippen molar-refractivity contribution in [3.8, 4) is 22.9 Å². The van der Waals surface area contributed by atoms with Gasteiger partial charge in [-0.3, -0.25) is 0 Å². The summed E-state index contributed by atoms with van der Waals surface area (Å²) in [6, 6.07) is 22.3. The highest BCUT2D eigenvalue weighted by molar-refractivity contribution is 7.89. The smallest absolute Gasteiger partial charge is 0.253 e. The molecule has 1 aliphatic heterocycles. The number of nitriles is 1. The number of halogens is 1. The highest BCUT2D eigenvalue weighted by Crippen LogP contribution is 2.24. The van der Waals surface area contributed by atoms with Crippen LogP contribution in [0.5, 0.6) is 5.75 Å². The van der Waals surface area contributed by atoms with E-state index >= 15 is 0 Å². The van der Waals surface area contributed by atoms with Crippen LogP contribution in [0.2, 0.25) is 0 Å². The van der Waals surface area contributed by atoms with E-state index in [0.717, 1.165) is 48.3 Å². The molecule has 1 N–H and O–H groups in total. The predicted molar refractivity (Wildman–Crippen MR) is 128 cm³/mol. The maximum absolute atomic E-state index is 13.1. The van der Waals surface area contributed by atoms with Crippen LogP contribution < -0.4 is 9.57 Å². The Morgan fingerprint density at radius 2 is 1.65 bits per heavy atom. The summed E-state index contributed by atoms with van der Waals surface area (Å²) in [5, 5.41) is 10.6. The van der Waals surface area contributed by atoms with Gasteiger partial charge < -0.3 is 4.74 Å². The molecule has 8 heteroatoms. The van der Waals surface area contributed by atoms with E-state index in [4.69, 9.17) is 10.00 Å². The third-order valence-electron chi connectivity index (χ3n) is 5.89. The van der Waals surface area contributed by atoms with Gasteiger partial charge in [-0.05, 0) is 84.8 Å². The quantitative estimate of drug-likeness (QED) is 0.449. The van der Waals surface area contributed by atoms with Crippen molar-refractivity contribution in [1.29, 1.82) is 5.26 Å². The van der Waals surface area contributed by atoms with Crippen LogP contribution in [0.4, 0.5) is 4.39 Å². The fourth-order valence-corrected chi connectivity index (χ4v) is 5.14. The monoisotopic (exact) mass is 479 g/mol. The van der Waals surface area contributed by atoms with Crippen molar-refractivity contribution in [3.05, 3.63) is 84.2 Å². The van der Waals surface area contributed by atoms with E-state index in [1.54, 1.807) is 17.1 Å². The summed E-state index contributed by atoms with van der Waals surface area (Å²) in [6.45, 7) is 1.87. The lowest BCUT2D eigenvalue weighted by Gasteiger charge is -2.17. The lowest BCUT2D eigenvalue weighted by molar-refractivity contribution is 0.269. The first kappa shape index (κ1) is 23.9. The lowest BCUT2D eigenvalue weighted by Crippen LogP contribution is -2.40. The number of nitrogens with one attached hydrogen (secondary N) is 1. The number of nitrogens with zero attached hydrogens (tertiary/aromatic N) is 2. The number of hydrogen-bond donors (Lipinski definition) is 1. The third kappa shape index (κ3) is 6.20. The van der Waals surface area contributed by atoms with Gasteiger partial charge in [0.15, 0.2) is 0 Å². The van der Waals surface area contributed by atoms with Crippen molar-refractivity contribution in [2.75, 3.05) is 19.7 Å². The van der Waals surface area contributed by atoms with E-state index in [1.807, 2.05) is 36.4 Å². The Labute approximate surface area is 199 Å². The summed E-state index contributed by atoms with van der Waals surface area (Å²) in [5.41, 5.74) is 2.75. The minimum atomic E-state index is -3.70. The van der Waals surface area contributed by atoms with Crippen molar-refractivity contribution >= 4 is 10.0 Å². The average Bonchev–Trinajstić information content (AvgIpc) is 3.29. The minimum Gasteiger partial charge on any atom is -0.494 e. The van der Waals surface area contributed by atoms with Crippen LogP contribution in [0.15, 0.2) is 77.7 Å². The Bertz CT molecular complexity index is 1240. The second kappa shape index (κ2) is 10.8. The second-order valence-electron chi connectivity index (χ2n) is 8.35. The highest BCUT2D eigenvalue weighted by Gasteiger charge is 2.26. The molecule has 34 heavy (non-hydrogen) atoms. The topological polar surface area (TPSA) is 82.4 Å². The van der Waals surface area contributed by atoms with E-state index in [1.165, 1.54) is 12.1 Å². The molecule has 6 nitrogen and oxygen atoms in total. The van der Waals surface area contributed by atoms with E-state index in [9.17, 15) is 12.8 Å². The lowest BCUT2D eigenvalue weighted by atomic mass is 10.0. The van der Waals surface area contributed by atoms with E-state index in [-0.39, 0.29) is 4.90 Å². The molecule has 1 fully saturated rings. The van der Waals surface area contributed by atoms with E-state index < -0.39 is 15.8 Å². The number of rotatable bonds is 9. The van der Waals surface area contributed by atoms with Gasteiger partial charge in [0.2, 0.25) is 0 Å². The van der Waals surface area contributed by atoms with Crippen molar-refractivity contribution in [2.24, 2.45) is 5.92 Å². The fourth-order valence-electron chi connectivity index (χ4n) is 4.03. The van der Waals surface area contributed by atoms with Crippen LogP contribution in [0.3, 0.4) is 0 Å². The number of benzene rings is 3. The van der Waals surface area contributed by atoms with Crippen LogP contribution in [0.25, 0.3) is 11.1 Å². The van der Waals surface area contributed by atoms with Crippen LogP contribution in [0.1, 0.15) is 24.8 Å². The molecule has 4 rings (SSSR count). The summed E-state index contributed by atoms with van der Waals surface area (Å²) in [4.78, 5) is 2.65. The highest BCUT2D eigenvalue weighted by atomic mass is 32.2. The Hall–Kier alpha value is -3.25. The van der Waals surface area contributed by atoms with Gasteiger partial charge >= 0.3 is 0 Å². The van der Waals surface area contributed by atoms with Crippen LogP contribution in [-0.4, -0.2) is 33.1 Å². The largest absolute Gasteiger partial charge is 0.494 e. The molecule has 3 aromatic rings. The van der Waals surface area contributed by atoms with Gasteiger partial charge in [-0.2, -0.15) is 5.26 Å². The molecule has 1 saturated heterocycles.